The van der Waals surface area contributed by atoms with Gasteiger partial charge in [-0.15, -0.1) is 0 Å². The summed E-state index contributed by atoms with van der Waals surface area (Å²) in [6.45, 7) is 3.53. The van der Waals surface area contributed by atoms with Crippen LogP contribution >= 0.6 is 11.8 Å². The summed E-state index contributed by atoms with van der Waals surface area (Å²) in [6.07, 6.45) is 3.97. The number of sulfonamides is 1. The van der Waals surface area contributed by atoms with E-state index < -0.39 is 10.0 Å². The van der Waals surface area contributed by atoms with E-state index in [0.717, 1.165) is 19.3 Å². The first-order valence-corrected chi connectivity index (χ1v) is 11.7. The van der Waals surface area contributed by atoms with E-state index in [2.05, 4.69) is 10.3 Å². The zero-order valence-corrected chi connectivity index (χ0v) is 17.5. The zero-order chi connectivity index (χ0) is 20.0. The van der Waals surface area contributed by atoms with Crippen LogP contribution in [0.15, 0.2) is 58.6 Å². The highest BCUT2D eigenvalue weighted by atomic mass is 32.2. The second-order valence-electron chi connectivity index (χ2n) is 6.73. The number of aromatic nitrogens is 1. The van der Waals surface area contributed by atoms with Gasteiger partial charge in [0, 0.05) is 25.8 Å². The lowest BCUT2D eigenvalue weighted by Crippen LogP contribution is -2.32. The van der Waals surface area contributed by atoms with Gasteiger partial charge in [0.25, 0.3) is 0 Å². The molecule has 150 valence electrons. The summed E-state index contributed by atoms with van der Waals surface area (Å²) in [7, 11) is -3.46. The van der Waals surface area contributed by atoms with Crippen molar-refractivity contribution in [2.24, 2.45) is 0 Å². The van der Waals surface area contributed by atoms with Gasteiger partial charge in [-0.3, -0.25) is 4.79 Å². The Labute approximate surface area is 170 Å². The molecule has 0 spiro atoms. The van der Waals surface area contributed by atoms with Crippen molar-refractivity contribution in [1.29, 1.82) is 0 Å². The molecule has 3 rings (SSSR count). The van der Waals surface area contributed by atoms with Crippen LogP contribution in [0, 0.1) is 0 Å². The first-order valence-electron chi connectivity index (χ1n) is 9.41. The normalized spacial score (nSPS) is 16.0. The molecular formula is C20H25N3O3S2. The second-order valence-corrected chi connectivity index (χ2v) is 10.0. The van der Waals surface area contributed by atoms with Crippen molar-refractivity contribution in [3.05, 3.63) is 54.2 Å². The number of rotatable bonds is 8. The van der Waals surface area contributed by atoms with E-state index >= 15 is 0 Å². The topological polar surface area (TPSA) is 79.4 Å². The van der Waals surface area contributed by atoms with Crippen LogP contribution in [0.2, 0.25) is 0 Å². The van der Waals surface area contributed by atoms with Crippen molar-refractivity contribution in [3.63, 3.8) is 0 Å². The summed E-state index contributed by atoms with van der Waals surface area (Å²) in [5, 5.41) is 3.25. The van der Waals surface area contributed by atoms with Crippen LogP contribution in [0.4, 0.5) is 0 Å². The number of carbonyl (C=O) groups is 1. The number of nitrogens with zero attached hydrogens (tertiary/aromatic N) is 2. The minimum atomic E-state index is -3.46. The van der Waals surface area contributed by atoms with Gasteiger partial charge in [-0.25, -0.2) is 13.4 Å². The molecule has 1 aliphatic rings. The average Bonchev–Trinajstić information content (AvgIpc) is 3.25. The fourth-order valence-corrected chi connectivity index (χ4v) is 5.30. The molecule has 2 heterocycles. The number of benzene rings is 1. The summed E-state index contributed by atoms with van der Waals surface area (Å²) in [4.78, 5) is 16.7. The third-order valence-corrected chi connectivity index (χ3v) is 7.57. The van der Waals surface area contributed by atoms with E-state index in [4.69, 9.17) is 0 Å². The average molecular weight is 420 g/mol. The molecule has 1 aromatic carbocycles. The Morgan fingerprint density at radius 1 is 1.18 bits per heavy atom. The molecule has 1 atom stereocenters. The molecular weight excluding hydrogens is 394 g/mol. The van der Waals surface area contributed by atoms with Crippen LogP contribution in [-0.2, 0) is 21.2 Å². The third-order valence-electron chi connectivity index (χ3n) is 4.63. The third kappa shape index (κ3) is 5.33. The molecule has 0 radical (unpaired) electrons. The Morgan fingerprint density at radius 3 is 2.54 bits per heavy atom. The first kappa shape index (κ1) is 20.8. The lowest BCUT2D eigenvalue weighted by molar-refractivity contribution is -0.120. The Hall–Kier alpha value is -1.90. The number of hydrogen-bond donors (Lipinski definition) is 1. The number of pyridine rings is 1. The smallest absolute Gasteiger partial charge is 0.244 e. The maximum absolute atomic E-state index is 12.5. The van der Waals surface area contributed by atoms with Crippen molar-refractivity contribution < 1.29 is 13.2 Å². The molecule has 6 nitrogen and oxygen atoms in total. The monoisotopic (exact) mass is 419 g/mol. The van der Waals surface area contributed by atoms with Crippen LogP contribution in [-0.4, -0.2) is 48.5 Å². The molecule has 1 N–H and O–H groups in total. The number of hydrogen-bond acceptors (Lipinski definition) is 5. The molecule has 1 fully saturated rings. The van der Waals surface area contributed by atoms with Crippen molar-refractivity contribution in [3.8, 4) is 0 Å². The van der Waals surface area contributed by atoms with E-state index in [1.54, 1.807) is 12.1 Å². The highest BCUT2D eigenvalue weighted by Crippen LogP contribution is 2.24. The highest BCUT2D eigenvalue weighted by Gasteiger charge is 2.27. The summed E-state index contributed by atoms with van der Waals surface area (Å²) >= 11 is 1.32. The Balaban J connectivity index is 1.51. The van der Waals surface area contributed by atoms with E-state index in [1.807, 2.05) is 37.3 Å². The van der Waals surface area contributed by atoms with E-state index in [9.17, 15) is 13.2 Å². The zero-order valence-electron chi connectivity index (χ0n) is 15.9. The molecule has 1 aromatic heterocycles. The van der Waals surface area contributed by atoms with Crippen LogP contribution < -0.4 is 5.32 Å². The van der Waals surface area contributed by atoms with Crippen LogP contribution in [0.1, 0.15) is 25.3 Å². The molecule has 0 aliphatic carbocycles. The van der Waals surface area contributed by atoms with Crippen molar-refractivity contribution in [2.75, 3.05) is 19.6 Å². The lowest BCUT2D eigenvalue weighted by Gasteiger charge is -2.15. The van der Waals surface area contributed by atoms with Crippen LogP contribution in [0.25, 0.3) is 0 Å². The fraction of sp³-hybridized carbons (Fsp3) is 0.400. The van der Waals surface area contributed by atoms with E-state index in [0.29, 0.717) is 24.7 Å². The van der Waals surface area contributed by atoms with Crippen LogP contribution in [0.3, 0.4) is 0 Å². The number of thioether (sulfide) groups is 1. The van der Waals surface area contributed by atoms with E-state index in [1.165, 1.54) is 27.8 Å². The van der Waals surface area contributed by atoms with Crippen LogP contribution in [0.5, 0.6) is 0 Å². The van der Waals surface area contributed by atoms with Gasteiger partial charge >= 0.3 is 0 Å². The lowest BCUT2D eigenvalue weighted by atomic mass is 10.1. The van der Waals surface area contributed by atoms with Gasteiger partial charge in [-0.2, -0.15) is 4.31 Å². The van der Waals surface area contributed by atoms with Gasteiger partial charge < -0.3 is 5.32 Å². The molecule has 1 amide bonds. The molecule has 1 aliphatic heterocycles. The molecule has 2 aromatic rings. The van der Waals surface area contributed by atoms with Crippen molar-refractivity contribution in [2.45, 2.75) is 41.4 Å². The van der Waals surface area contributed by atoms with Gasteiger partial charge in [0.15, 0.2) is 0 Å². The predicted molar refractivity (Wildman–Crippen MR) is 111 cm³/mol. The molecule has 28 heavy (non-hydrogen) atoms. The maximum atomic E-state index is 12.5. The van der Waals surface area contributed by atoms with Gasteiger partial charge in [0.05, 0.1) is 10.3 Å². The molecule has 1 unspecified atom stereocenters. The van der Waals surface area contributed by atoms with Crippen molar-refractivity contribution >= 4 is 27.7 Å². The molecule has 0 bridgehead atoms. The molecule has 1 saturated heterocycles. The van der Waals surface area contributed by atoms with Gasteiger partial charge in [0.2, 0.25) is 15.9 Å². The maximum Gasteiger partial charge on any atom is 0.244 e. The number of amides is 1. The number of carbonyl (C=O) groups excluding carboxylic acids is 1. The first-order chi connectivity index (χ1) is 13.5. The summed E-state index contributed by atoms with van der Waals surface area (Å²) in [5.41, 5.74) is 1.18. The minimum Gasteiger partial charge on any atom is -0.355 e. The summed E-state index contributed by atoms with van der Waals surface area (Å²) in [6, 6.07) is 13.2. The van der Waals surface area contributed by atoms with Crippen molar-refractivity contribution in [1.82, 2.24) is 14.6 Å². The van der Waals surface area contributed by atoms with Gasteiger partial charge in [-0.05, 0) is 43.9 Å². The Bertz CT molecular complexity index is 881. The SMILES string of the molecule is CC(Sc1ccc(S(=O)(=O)N2CCCC2)cn1)C(=O)NCCc1ccccc1. The summed E-state index contributed by atoms with van der Waals surface area (Å²) < 4.78 is 26.6. The minimum absolute atomic E-state index is 0.0588. The quantitative estimate of drug-likeness (QED) is 0.666. The van der Waals surface area contributed by atoms with Gasteiger partial charge in [0.1, 0.15) is 4.90 Å². The number of nitrogens with one attached hydrogen (secondary N) is 1. The second kappa shape index (κ2) is 9.54. The standard InChI is InChI=1S/C20H25N3O3S2/c1-16(20(24)21-12-11-17-7-3-2-4-8-17)27-19-10-9-18(15-22-19)28(25,26)23-13-5-6-14-23/h2-4,7-10,15-16H,5-6,11-14H2,1H3,(H,21,24). The Morgan fingerprint density at radius 2 is 1.89 bits per heavy atom. The molecule has 8 heteroatoms. The highest BCUT2D eigenvalue weighted by molar-refractivity contribution is 8.00. The largest absolute Gasteiger partial charge is 0.355 e. The fourth-order valence-electron chi connectivity index (χ4n) is 3.02. The van der Waals surface area contributed by atoms with E-state index in [-0.39, 0.29) is 16.1 Å². The van der Waals surface area contributed by atoms with Gasteiger partial charge in [-0.1, -0.05) is 42.1 Å². The predicted octanol–water partition coefficient (Wildman–Crippen LogP) is 2.71. The Kier molecular flexibility index (Phi) is 7.09. The molecule has 0 saturated carbocycles. The summed E-state index contributed by atoms with van der Waals surface area (Å²) in [5.74, 6) is -0.0588.